The van der Waals surface area contributed by atoms with E-state index in [9.17, 15) is 4.79 Å². The first-order valence-corrected chi connectivity index (χ1v) is 11.5. The Hall–Kier alpha value is -2.22. The summed E-state index contributed by atoms with van der Waals surface area (Å²) in [5.41, 5.74) is 1.39. The first-order valence-electron chi connectivity index (χ1n) is 10.6. The smallest absolute Gasteiger partial charge is 0.233 e. The predicted molar refractivity (Wildman–Crippen MR) is 119 cm³/mol. The van der Waals surface area contributed by atoms with Crippen LogP contribution in [0.4, 0.5) is 0 Å². The Morgan fingerprint density at radius 3 is 2.67 bits per heavy atom. The van der Waals surface area contributed by atoms with Gasteiger partial charge in [-0.05, 0) is 61.3 Å². The summed E-state index contributed by atoms with van der Waals surface area (Å²) in [5, 5.41) is 8.97. The van der Waals surface area contributed by atoms with Crippen molar-refractivity contribution < 1.29 is 9.53 Å². The molecule has 2 fully saturated rings. The molecule has 1 aliphatic carbocycles. The lowest BCUT2D eigenvalue weighted by atomic mass is 9.65. The average molecular weight is 430 g/mol. The second-order valence-corrected chi connectivity index (χ2v) is 10.6. The number of nitrogens with zero attached hydrogens (tertiary/aromatic N) is 4. The van der Waals surface area contributed by atoms with Gasteiger partial charge in [0.25, 0.3) is 0 Å². The molecule has 162 valence electrons. The van der Waals surface area contributed by atoms with Gasteiger partial charge in [0.15, 0.2) is 5.82 Å². The molecule has 1 saturated heterocycles. The first kappa shape index (κ1) is 21.0. The highest BCUT2D eigenvalue weighted by Crippen LogP contribution is 2.52. The van der Waals surface area contributed by atoms with E-state index in [1.807, 2.05) is 31.2 Å². The molecule has 2 atom stereocenters. The molecule has 2 aliphatic rings. The number of rotatable bonds is 6. The molecule has 0 radical (unpaired) electrons. The number of aromatic nitrogens is 3. The second-order valence-electron chi connectivity index (χ2n) is 9.66. The maximum atomic E-state index is 13.0. The number of hydrogen-bond acceptors (Lipinski definition) is 6. The topological polar surface area (TPSA) is 86.3 Å². The van der Waals surface area contributed by atoms with Gasteiger partial charge in [-0.25, -0.2) is 4.68 Å². The lowest BCUT2D eigenvalue weighted by Gasteiger charge is -2.39. The fraction of sp³-hybridized carbons (Fsp3) is 0.591. The largest absolute Gasteiger partial charge is 0.494 e. The van der Waals surface area contributed by atoms with Gasteiger partial charge in [0.05, 0.1) is 12.4 Å². The molecule has 2 aromatic rings. The molecule has 7 nitrogen and oxygen atoms in total. The van der Waals surface area contributed by atoms with E-state index in [4.69, 9.17) is 10.6 Å². The molecule has 1 aromatic carbocycles. The fourth-order valence-electron chi connectivity index (χ4n) is 5.40. The highest BCUT2D eigenvalue weighted by atomic mass is 32.2. The summed E-state index contributed by atoms with van der Waals surface area (Å²) in [6, 6.07) is 7.94. The van der Waals surface area contributed by atoms with Crippen LogP contribution < -0.4 is 10.6 Å². The second kappa shape index (κ2) is 7.80. The van der Waals surface area contributed by atoms with E-state index in [0.717, 1.165) is 30.7 Å². The number of likely N-dealkylation sites (tertiary alicyclic amines) is 1. The van der Waals surface area contributed by atoms with E-state index in [0.29, 0.717) is 34.8 Å². The van der Waals surface area contributed by atoms with Gasteiger partial charge in [-0.2, -0.15) is 0 Å². The number of carbonyl (C=O) groups is 1. The SMILES string of the molecule is CCOc1ccc(-c2nnc(SCC(=O)N3C[C@]4(C)C[C@H]3CC(C)(C)C4)n2N)cc1. The van der Waals surface area contributed by atoms with Crippen molar-refractivity contribution in [1.82, 2.24) is 19.8 Å². The highest BCUT2D eigenvalue weighted by Gasteiger charge is 2.50. The van der Waals surface area contributed by atoms with Crippen molar-refractivity contribution in [2.45, 2.75) is 58.2 Å². The molecule has 1 aliphatic heterocycles. The van der Waals surface area contributed by atoms with Crippen molar-refractivity contribution in [3.05, 3.63) is 24.3 Å². The van der Waals surface area contributed by atoms with Gasteiger partial charge in [-0.15, -0.1) is 10.2 Å². The normalized spacial score (nSPS) is 24.8. The summed E-state index contributed by atoms with van der Waals surface area (Å²) in [5.74, 6) is 8.09. The predicted octanol–water partition coefficient (Wildman–Crippen LogP) is 3.58. The third-order valence-corrected chi connectivity index (χ3v) is 7.08. The summed E-state index contributed by atoms with van der Waals surface area (Å²) in [4.78, 5) is 15.1. The Morgan fingerprint density at radius 2 is 1.97 bits per heavy atom. The van der Waals surface area contributed by atoms with Crippen molar-refractivity contribution >= 4 is 17.7 Å². The van der Waals surface area contributed by atoms with E-state index in [1.165, 1.54) is 22.9 Å². The zero-order valence-corrected chi connectivity index (χ0v) is 19.0. The van der Waals surface area contributed by atoms with Gasteiger partial charge in [0.2, 0.25) is 11.1 Å². The minimum absolute atomic E-state index is 0.164. The molecule has 0 spiro atoms. The number of fused-ring (bicyclic) bond motifs is 2. The van der Waals surface area contributed by atoms with E-state index in [2.05, 4.69) is 35.9 Å². The van der Waals surface area contributed by atoms with Crippen LogP contribution >= 0.6 is 11.8 Å². The van der Waals surface area contributed by atoms with Crippen LogP contribution in [-0.2, 0) is 4.79 Å². The van der Waals surface area contributed by atoms with Gasteiger partial charge < -0.3 is 15.5 Å². The van der Waals surface area contributed by atoms with Gasteiger partial charge >= 0.3 is 0 Å². The Kier molecular flexibility index (Phi) is 5.46. The summed E-state index contributed by atoms with van der Waals surface area (Å²) in [7, 11) is 0. The van der Waals surface area contributed by atoms with E-state index in [1.54, 1.807) is 0 Å². The first-order chi connectivity index (χ1) is 14.2. The Bertz CT molecular complexity index is 926. The molecule has 8 heteroatoms. The van der Waals surface area contributed by atoms with Crippen LogP contribution in [0.25, 0.3) is 11.4 Å². The third kappa shape index (κ3) is 4.15. The van der Waals surface area contributed by atoms with Crippen molar-refractivity contribution in [3.63, 3.8) is 0 Å². The minimum Gasteiger partial charge on any atom is -0.494 e. The summed E-state index contributed by atoms with van der Waals surface area (Å²) in [6.07, 6.45) is 3.37. The molecule has 1 aromatic heterocycles. The van der Waals surface area contributed by atoms with E-state index >= 15 is 0 Å². The quantitative estimate of drug-likeness (QED) is 0.558. The lowest BCUT2D eigenvalue weighted by molar-refractivity contribution is -0.129. The maximum absolute atomic E-state index is 13.0. The van der Waals surface area contributed by atoms with E-state index in [-0.39, 0.29) is 11.3 Å². The van der Waals surface area contributed by atoms with Crippen LogP contribution in [0.15, 0.2) is 29.4 Å². The minimum atomic E-state index is 0.164. The molecule has 2 bridgehead atoms. The number of ether oxygens (including phenoxy) is 1. The van der Waals surface area contributed by atoms with Crippen molar-refractivity contribution in [2.24, 2.45) is 10.8 Å². The van der Waals surface area contributed by atoms with Crippen LogP contribution in [-0.4, -0.2) is 50.6 Å². The number of carbonyl (C=O) groups excluding carboxylic acids is 1. The maximum Gasteiger partial charge on any atom is 0.233 e. The van der Waals surface area contributed by atoms with Crippen LogP contribution in [0.2, 0.25) is 0 Å². The summed E-state index contributed by atoms with van der Waals surface area (Å²) in [6.45, 7) is 10.4. The monoisotopic (exact) mass is 429 g/mol. The van der Waals surface area contributed by atoms with Gasteiger partial charge in [-0.3, -0.25) is 4.79 Å². The van der Waals surface area contributed by atoms with Crippen molar-refractivity contribution in [2.75, 3.05) is 24.7 Å². The zero-order valence-electron chi connectivity index (χ0n) is 18.2. The molecular formula is C22H31N5O2S. The molecule has 1 saturated carbocycles. The lowest BCUT2D eigenvalue weighted by Crippen LogP contribution is -2.38. The zero-order chi connectivity index (χ0) is 21.5. The molecule has 2 N–H and O–H groups in total. The van der Waals surface area contributed by atoms with Gasteiger partial charge in [0, 0.05) is 18.2 Å². The van der Waals surface area contributed by atoms with E-state index < -0.39 is 0 Å². The van der Waals surface area contributed by atoms with Crippen LogP contribution in [0.5, 0.6) is 5.75 Å². The Morgan fingerprint density at radius 1 is 1.23 bits per heavy atom. The molecular weight excluding hydrogens is 398 g/mol. The number of amides is 1. The fourth-order valence-corrected chi connectivity index (χ4v) is 6.14. The van der Waals surface area contributed by atoms with Gasteiger partial charge in [0.1, 0.15) is 5.75 Å². The summed E-state index contributed by atoms with van der Waals surface area (Å²) >= 11 is 1.35. The number of thioether (sulfide) groups is 1. The molecule has 30 heavy (non-hydrogen) atoms. The Balaban J connectivity index is 1.41. The van der Waals surface area contributed by atoms with Crippen LogP contribution in [0.1, 0.15) is 47.0 Å². The summed E-state index contributed by atoms with van der Waals surface area (Å²) < 4.78 is 6.93. The van der Waals surface area contributed by atoms with Crippen molar-refractivity contribution in [3.8, 4) is 17.1 Å². The number of hydrogen-bond donors (Lipinski definition) is 1. The molecule has 1 amide bonds. The third-order valence-electron chi connectivity index (χ3n) is 6.15. The van der Waals surface area contributed by atoms with Crippen LogP contribution in [0, 0.1) is 10.8 Å². The number of nitrogens with two attached hydrogens (primary N) is 1. The van der Waals surface area contributed by atoms with Crippen molar-refractivity contribution in [1.29, 1.82) is 0 Å². The number of nitrogen functional groups attached to an aromatic ring is 1. The molecule has 2 heterocycles. The highest BCUT2D eigenvalue weighted by molar-refractivity contribution is 7.99. The number of benzene rings is 1. The average Bonchev–Trinajstić information content (AvgIpc) is 3.16. The van der Waals surface area contributed by atoms with Gasteiger partial charge in [-0.1, -0.05) is 32.5 Å². The molecule has 4 rings (SSSR count). The Labute approximate surface area is 182 Å². The van der Waals surface area contributed by atoms with Crippen LogP contribution in [0.3, 0.4) is 0 Å². The standard InChI is InChI=1S/C22H31N5O2S/c1-5-29-17-8-6-15(7-9-17)19-24-25-20(27(19)23)30-12-18(28)26-14-22(4)11-16(26)10-21(2,3)13-22/h6-9,16H,5,10-14,23H2,1-4H3/t16-,22-/m1/s1. The molecule has 0 unspecified atom stereocenters.